The number of allylic oxidation sites excluding steroid dienone is 3. The number of aliphatic hydroxyl groups excluding tert-OH is 1. The highest BCUT2D eigenvalue weighted by atomic mass is 16.3. The summed E-state index contributed by atoms with van der Waals surface area (Å²) in [6.45, 7) is 0. The minimum Gasteiger partial charge on any atom is -0.507 e. The first-order chi connectivity index (χ1) is 5.27. The number of rotatable bonds is 2. The minimum absolute atomic E-state index is 0.126. The molecule has 0 aromatic carbocycles. The fourth-order valence-electron chi connectivity index (χ4n) is 0.876. The molecule has 0 fully saturated rings. The molecular weight excluding hydrogens is 142 g/mol. The second-order valence-corrected chi connectivity index (χ2v) is 2.18. The van der Waals surface area contributed by atoms with Gasteiger partial charge in [0.15, 0.2) is 0 Å². The molecule has 0 atom stereocenters. The van der Waals surface area contributed by atoms with Gasteiger partial charge in [0.2, 0.25) is 0 Å². The molecule has 58 valence electrons. The molecule has 0 aliphatic heterocycles. The highest BCUT2D eigenvalue weighted by Gasteiger charge is 2.09. The maximum Gasteiger partial charge on any atom is 0.150 e. The van der Waals surface area contributed by atoms with Gasteiger partial charge in [-0.1, -0.05) is 0 Å². The lowest BCUT2D eigenvalue weighted by Gasteiger charge is -1.93. The first-order valence-electron chi connectivity index (χ1n) is 3.23. The Morgan fingerprint density at radius 1 is 1.55 bits per heavy atom. The van der Waals surface area contributed by atoms with Crippen molar-refractivity contribution in [2.45, 2.75) is 0 Å². The molecule has 11 heavy (non-hydrogen) atoms. The van der Waals surface area contributed by atoms with Gasteiger partial charge in [-0.05, 0) is 12.2 Å². The Balaban J connectivity index is 2.89. The van der Waals surface area contributed by atoms with E-state index >= 15 is 0 Å². The van der Waals surface area contributed by atoms with Crippen molar-refractivity contribution in [2.24, 2.45) is 0 Å². The summed E-state index contributed by atoms with van der Waals surface area (Å²) in [7, 11) is 1.73. The van der Waals surface area contributed by atoms with Crippen molar-refractivity contribution in [1.82, 2.24) is 5.32 Å². The van der Waals surface area contributed by atoms with Gasteiger partial charge in [0.1, 0.15) is 12.0 Å². The molecule has 0 saturated heterocycles. The molecule has 0 unspecified atom stereocenters. The van der Waals surface area contributed by atoms with Crippen LogP contribution in [0.4, 0.5) is 0 Å². The zero-order valence-corrected chi connectivity index (χ0v) is 6.16. The van der Waals surface area contributed by atoms with Crippen LogP contribution in [-0.2, 0) is 4.79 Å². The molecule has 0 saturated carbocycles. The van der Waals surface area contributed by atoms with Crippen LogP contribution in [0.15, 0.2) is 35.3 Å². The number of nitrogens with one attached hydrogen (secondary N) is 1. The van der Waals surface area contributed by atoms with Crippen molar-refractivity contribution in [2.75, 3.05) is 7.05 Å². The van der Waals surface area contributed by atoms with E-state index in [4.69, 9.17) is 5.11 Å². The Kier molecular flexibility index (Phi) is 2.11. The van der Waals surface area contributed by atoms with Crippen molar-refractivity contribution in [3.63, 3.8) is 0 Å². The second-order valence-electron chi connectivity index (χ2n) is 2.18. The van der Waals surface area contributed by atoms with E-state index in [2.05, 4.69) is 5.32 Å². The lowest BCUT2D eigenvalue weighted by molar-refractivity contribution is -0.104. The third kappa shape index (κ3) is 1.49. The molecule has 0 spiro atoms. The maximum absolute atomic E-state index is 10.2. The number of carbonyl (C=O) groups is 1. The van der Waals surface area contributed by atoms with Crippen molar-refractivity contribution >= 4 is 6.29 Å². The third-order valence-electron chi connectivity index (χ3n) is 1.36. The van der Waals surface area contributed by atoms with Gasteiger partial charge in [0, 0.05) is 24.4 Å². The van der Waals surface area contributed by atoms with Gasteiger partial charge >= 0.3 is 0 Å². The number of hydrogen-bond donors (Lipinski definition) is 2. The molecule has 0 heterocycles. The number of hydrogen-bond acceptors (Lipinski definition) is 3. The maximum atomic E-state index is 10.2. The van der Waals surface area contributed by atoms with Gasteiger partial charge in [-0.25, -0.2) is 0 Å². The van der Waals surface area contributed by atoms with E-state index in [1.165, 1.54) is 6.08 Å². The van der Waals surface area contributed by atoms with Gasteiger partial charge in [-0.2, -0.15) is 0 Å². The average molecular weight is 151 g/mol. The largest absolute Gasteiger partial charge is 0.507 e. The predicted molar refractivity (Wildman–Crippen MR) is 42.0 cm³/mol. The van der Waals surface area contributed by atoms with Crippen molar-refractivity contribution < 1.29 is 9.90 Å². The topological polar surface area (TPSA) is 49.3 Å². The van der Waals surface area contributed by atoms with Crippen LogP contribution in [-0.4, -0.2) is 18.4 Å². The Morgan fingerprint density at radius 2 is 2.27 bits per heavy atom. The highest BCUT2D eigenvalue weighted by Crippen LogP contribution is 2.18. The molecule has 0 bridgehead atoms. The number of aldehydes is 1. The van der Waals surface area contributed by atoms with Gasteiger partial charge < -0.3 is 10.4 Å². The molecule has 0 aromatic rings. The number of carbonyl (C=O) groups excluding carboxylic acids is 1. The Hall–Kier alpha value is -1.51. The monoisotopic (exact) mass is 151 g/mol. The standard InChI is InChI=1S/C8H9NO2/c1-9-4-7-2-6(5-10)3-8(7)11/h2-5,9,11H,1H3/b7-4-. The molecule has 0 radical (unpaired) electrons. The fourth-order valence-corrected chi connectivity index (χ4v) is 0.876. The van der Waals surface area contributed by atoms with Crippen LogP contribution in [0.2, 0.25) is 0 Å². The molecule has 0 amide bonds. The number of aliphatic hydroxyl groups is 1. The Bertz CT molecular complexity index is 261. The minimum atomic E-state index is 0.126. The normalized spacial score (nSPS) is 19.5. The summed E-state index contributed by atoms with van der Waals surface area (Å²) < 4.78 is 0. The first kappa shape index (κ1) is 7.60. The van der Waals surface area contributed by atoms with Crippen molar-refractivity contribution in [3.8, 4) is 0 Å². The lowest BCUT2D eigenvalue weighted by Crippen LogP contribution is -1.95. The van der Waals surface area contributed by atoms with E-state index in [-0.39, 0.29) is 5.76 Å². The Morgan fingerprint density at radius 3 is 2.73 bits per heavy atom. The third-order valence-corrected chi connectivity index (χ3v) is 1.36. The van der Waals surface area contributed by atoms with Crippen LogP contribution < -0.4 is 5.32 Å². The summed E-state index contributed by atoms with van der Waals surface area (Å²) in [5, 5.41) is 11.9. The molecule has 1 rings (SSSR count). The molecule has 3 nitrogen and oxygen atoms in total. The highest BCUT2D eigenvalue weighted by molar-refractivity contribution is 5.81. The van der Waals surface area contributed by atoms with Crippen molar-refractivity contribution in [3.05, 3.63) is 35.3 Å². The zero-order chi connectivity index (χ0) is 8.27. The van der Waals surface area contributed by atoms with E-state index in [9.17, 15) is 4.79 Å². The summed E-state index contributed by atoms with van der Waals surface area (Å²) in [5.41, 5.74) is 1.12. The SMILES string of the molecule is CN/C=C1/C=C(C=O)C=C1O. The quantitative estimate of drug-likeness (QED) is 0.570. The summed E-state index contributed by atoms with van der Waals surface area (Å²) in [5.74, 6) is 0.126. The first-order valence-corrected chi connectivity index (χ1v) is 3.23. The van der Waals surface area contributed by atoms with E-state index < -0.39 is 0 Å². The predicted octanol–water partition coefficient (Wildman–Crippen LogP) is 0.670. The van der Waals surface area contributed by atoms with E-state index in [0.29, 0.717) is 17.4 Å². The molecule has 0 aromatic heterocycles. The van der Waals surface area contributed by atoms with Crippen molar-refractivity contribution in [1.29, 1.82) is 0 Å². The average Bonchev–Trinajstić information content (AvgIpc) is 2.33. The zero-order valence-electron chi connectivity index (χ0n) is 6.16. The van der Waals surface area contributed by atoms with Gasteiger partial charge in [-0.3, -0.25) is 4.79 Å². The molecule has 2 N–H and O–H groups in total. The molecule has 1 aliphatic rings. The van der Waals surface area contributed by atoms with Crippen LogP contribution in [0.3, 0.4) is 0 Å². The molecule has 1 aliphatic carbocycles. The Labute approximate surface area is 64.7 Å². The summed E-state index contributed by atoms with van der Waals surface area (Å²) in [6, 6.07) is 0. The van der Waals surface area contributed by atoms with Gasteiger partial charge in [-0.15, -0.1) is 0 Å². The smallest absolute Gasteiger partial charge is 0.150 e. The second kappa shape index (κ2) is 3.05. The molecule has 3 heteroatoms. The van der Waals surface area contributed by atoms with Crippen LogP contribution in [0, 0.1) is 0 Å². The summed E-state index contributed by atoms with van der Waals surface area (Å²) in [4.78, 5) is 10.2. The van der Waals surface area contributed by atoms with E-state index in [1.807, 2.05) is 0 Å². The van der Waals surface area contributed by atoms with E-state index in [0.717, 1.165) is 0 Å². The summed E-state index contributed by atoms with van der Waals surface area (Å²) >= 11 is 0. The van der Waals surface area contributed by atoms with E-state index in [1.54, 1.807) is 19.3 Å². The van der Waals surface area contributed by atoms with Crippen LogP contribution in [0.1, 0.15) is 0 Å². The van der Waals surface area contributed by atoms with Crippen LogP contribution in [0.5, 0.6) is 0 Å². The van der Waals surface area contributed by atoms with Crippen LogP contribution >= 0.6 is 0 Å². The summed E-state index contributed by atoms with van der Waals surface area (Å²) in [6.07, 6.45) is 5.37. The molecular formula is C8H9NO2. The fraction of sp³-hybridized carbons (Fsp3) is 0.125. The van der Waals surface area contributed by atoms with Gasteiger partial charge in [0.25, 0.3) is 0 Å². The van der Waals surface area contributed by atoms with Gasteiger partial charge in [0.05, 0.1) is 0 Å². The lowest BCUT2D eigenvalue weighted by atomic mass is 10.3. The van der Waals surface area contributed by atoms with Crippen LogP contribution in [0.25, 0.3) is 0 Å².